The topological polar surface area (TPSA) is 44.8 Å². The van der Waals surface area contributed by atoms with Crippen LogP contribution >= 0.6 is 0 Å². The first-order valence-corrected chi connectivity index (χ1v) is 8.44. The van der Waals surface area contributed by atoms with Crippen LogP contribution in [0.15, 0.2) is 30.3 Å². The molecule has 1 fully saturated rings. The Morgan fingerprint density at radius 1 is 1.30 bits per heavy atom. The van der Waals surface area contributed by atoms with Crippen LogP contribution in [0.2, 0.25) is 0 Å². The minimum Gasteiger partial charge on any atom is -0.460 e. The van der Waals surface area contributed by atoms with E-state index in [0.29, 0.717) is 18.3 Å². The van der Waals surface area contributed by atoms with Crippen LogP contribution < -0.4 is 0 Å². The Kier molecular flexibility index (Phi) is 6.60. The molecule has 128 valence electrons. The van der Waals surface area contributed by atoms with Gasteiger partial charge in [0.05, 0.1) is 24.4 Å². The van der Waals surface area contributed by atoms with Gasteiger partial charge >= 0.3 is 5.97 Å². The molecule has 1 aliphatic heterocycles. The van der Waals surface area contributed by atoms with Crippen LogP contribution in [-0.4, -0.2) is 38.0 Å². The van der Waals surface area contributed by atoms with Crippen LogP contribution in [0.1, 0.15) is 50.4 Å². The van der Waals surface area contributed by atoms with Gasteiger partial charge in [-0.2, -0.15) is 0 Å². The summed E-state index contributed by atoms with van der Waals surface area (Å²) < 4.78 is 16.8. The van der Waals surface area contributed by atoms with Gasteiger partial charge in [-0.15, -0.1) is 0 Å². The third kappa shape index (κ3) is 5.63. The van der Waals surface area contributed by atoms with E-state index in [0.717, 1.165) is 25.9 Å². The molecule has 1 aliphatic rings. The van der Waals surface area contributed by atoms with E-state index in [1.54, 1.807) is 12.1 Å². The highest BCUT2D eigenvalue weighted by molar-refractivity contribution is 5.89. The maximum Gasteiger partial charge on any atom is 0.338 e. The maximum atomic E-state index is 11.8. The number of carbonyl (C=O) groups is 1. The van der Waals surface area contributed by atoms with Gasteiger partial charge in [-0.3, -0.25) is 0 Å². The summed E-state index contributed by atoms with van der Waals surface area (Å²) in [5, 5.41) is 0. The van der Waals surface area contributed by atoms with Crippen molar-refractivity contribution in [3.8, 4) is 0 Å². The standard InChI is InChI=1S/C19H28O4/c1-15(14-19(2,3)17-10-7-11-22-17)21-12-13-23-18(20)16-8-5-4-6-9-16/h4-6,8-9,15,17H,7,10-14H2,1-3H3. The SMILES string of the molecule is CC(CC(C)(C)C1CCCO1)OCCOC(=O)c1ccccc1. The lowest BCUT2D eigenvalue weighted by molar-refractivity contribution is -0.0367. The highest BCUT2D eigenvalue weighted by Crippen LogP contribution is 2.35. The van der Waals surface area contributed by atoms with Gasteiger partial charge in [0.15, 0.2) is 0 Å². The lowest BCUT2D eigenvalue weighted by Crippen LogP contribution is -2.33. The summed E-state index contributed by atoms with van der Waals surface area (Å²) in [6, 6.07) is 9.01. The molecule has 1 saturated heterocycles. The fourth-order valence-electron chi connectivity index (χ4n) is 3.17. The van der Waals surface area contributed by atoms with E-state index < -0.39 is 0 Å². The van der Waals surface area contributed by atoms with Gasteiger partial charge < -0.3 is 14.2 Å². The summed E-state index contributed by atoms with van der Waals surface area (Å²) in [5.41, 5.74) is 0.677. The van der Waals surface area contributed by atoms with Gasteiger partial charge in [0.1, 0.15) is 6.61 Å². The van der Waals surface area contributed by atoms with Crippen molar-refractivity contribution in [2.24, 2.45) is 5.41 Å². The van der Waals surface area contributed by atoms with E-state index in [2.05, 4.69) is 20.8 Å². The summed E-state index contributed by atoms with van der Waals surface area (Å²) in [4.78, 5) is 11.8. The van der Waals surface area contributed by atoms with E-state index in [9.17, 15) is 4.79 Å². The van der Waals surface area contributed by atoms with E-state index in [4.69, 9.17) is 14.2 Å². The number of carbonyl (C=O) groups excluding carboxylic acids is 1. The molecule has 0 aliphatic carbocycles. The summed E-state index contributed by atoms with van der Waals surface area (Å²) >= 11 is 0. The van der Waals surface area contributed by atoms with Gasteiger partial charge in [0, 0.05) is 6.61 Å². The highest BCUT2D eigenvalue weighted by Gasteiger charge is 2.34. The predicted molar refractivity (Wildman–Crippen MR) is 89.5 cm³/mol. The molecule has 0 N–H and O–H groups in total. The first kappa shape index (κ1) is 18.0. The number of rotatable bonds is 8. The molecule has 4 heteroatoms. The minimum absolute atomic E-state index is 0.108. The Morgan fingerprint density at radius 3 is 2.70 bits per heavy atom. The van der Waals surface area contributed by atoms with Crippen molar-refractivity contribution in [1.29, 1.82) is 0 Å². The molecule has 0 aromatic heterocycles. The Morgan fingerprint density at radius 2 is 2.04 bits per heavy atom. The minimum atomic E-state index is -0.304. The van der Waals surface area contributed by atoms with Gasteiger partial charge in [-0.1, -0.05) is 32.0 Å². The first-order valence-electron chi connectivity index (χ1n) is 8.44. The third-order valence-corrected chi connectivity index (χ3v) is 4.34. The molecule has 1 aromatic carbocycles. The normalized spacial score (nSPS) is 19.5. The van der Waals surface area contributed by atoms with Gasteiger partial charge in [-0.05, 0) is 43.7 Å². The van der Waals surface area contributed by atoms with Crippen LogP contribution in [0, 0.1) is 5.41 Å². The smallest absolute Gasteiger partial charge is 0.338 e. The van der Waals surface area contributed by atoms with Crippen LogP contribution in [0.3, 0.4) is 0 Å². The van der Waals surface area contributed by atoms with Crippen molar-refractivity contribution in [1.82, 2.24) is 0 Å². The molecule has 0 radical (unpaired) electrons. The maximum absolute atomic E-state index is 11.8. The van der Waals surface area contributed by atoms with Crippen LogP contribution in [-0.2, 0) is 14.2 Å². The number of benzene rings is 1. The van der Waals surface area contributed by atoms with Crippen molar-refractivity contribution in [3.05, 3.63) is 35.9 Å². The molecule has 2 unspecified atom stereocenters. The molecular weight excluding hydrogens is 292 g/mol. The van der Waals surface area contributed by atoms with E-state index in [1.165, 1.54) is 0 Å². The molecule has 0 amide bonds. The Hall–Kier alpha value is -1.39. The molecular formula is C19H28O4. The lowest BCUT2D eigenvalue weighted by Gasteiger charge is -2.33. The first-order chi connectivity index (χ1) is 11.0. The van der Waals surface area contributed by atoms with E-state index >= 15 is 0 Å². The van der Waals surface area contributed by atoms with Crippen molar-refractivity contribution < 1.29 is 19.0 Å². The average Bonchev–Trinajstić information content (AvgIpc) is 3.07. The van der Waals surface area contributed by atoms with E-state index in [1.807, 2.05) is 18.2 Å². The Balaban J connectivity index is 1.64. The zero-order chi connectivity index (χ0) is 16.7. The van der Waals surface area contributed by atoms with Crippen LogP contribution in [0.5, 0.6) is 0 Å². The zero-order valence-electron chi connectivity index (χ0n) is 14.4. The second-order valence-electron chi connectivity index (χ2n) is 6.88. The molecule has 0 bridgehead atoms. The fourth-order valence-corrected chi connectivity index (χ4v) is 3.17. The summed E-state index contributed by atoms with van der Waals surface area (Å²) in [6.07, 6.45) is 3.66. The quantitative estimate of drug-likeness (QED) is 0.539. The summed E-state index contributed by atoms with van der Waals surface area (Å²) in [5.74, 6) is -0.304. The number of hydrogen-bond donors (Lipinski definition) is 0. The Bertz CT molecular complexity index is 477. The Labute approximate surface area is 139 Å². The summed E-state index contributed by atoms with van der Waals surface area (Å²) in [7, 11) is 0. The lowest BCUT2D eigenvalue weighted by atomic mass is 9.80. The molecule has 0 spiro atoms. The molecule has 2 rings (SSSR count). The highest BCUT2D eigenvalue weighted by atomic mass is 16.6. The van der Waals surface area contributed by atoms with Crippen LogP contribution in [0.4, 0.5) is 0 Å². The van der Waals surface area contributed by atoms with E-state index in [-0.39, 0.29) is 24.1 Å². The van der Waals surface area contributed by atoms with Crippen molar-refractivity contribution in [2.45, 2.75) is 52.2 Å². The van der Waals surface area contributed by atoms with Crippen molar-refractivity contribution in [2.75, 3.05) is 19.8 Å². The van der Waals surface area contributed by atoms with Crippen LogP contribution in [0.25, 0.3) is 0 Å². The molecule has 1 aromatic rings. The average molecular weight is 320 g/mol. The van der Waals surface area contributed by atoms with Crippen molar-refractivity contribution >= 4 is 5.97 Å². The molecule has 2 atom stereocenters. The largest absolute Gasteiger partial charge is 0.460 e. The molecule has 0 saturated carbocycles. The second-order valence-corrected chi connectivity index (χ2v) is 6.88. The molecule has 23 heavy (non-hydrogen) atoms. The monoisotopic (exact) mass is 320 g/mol. The predicted octanol–water partition coefficient (Wildman–Crippen LogP) is 3.84. The van der Waals surface area contributed by atoms with Gasteiger partial charge in [0.2, 0.25) is 0 Å². The fraction of sp³-hybridized carbons (Fsp3) is 0.632. The molecule has 4 nitrogen and oxygen atoms in total. The third-order valence-electron chi connectivity index (χ3n) is 4.34. The van der Waals surface area contributed by atoms with Gasteiger partial charge in [-0.25, -0.2) is 4.79 Å². The van der Waals surface area contributed by atoms with Gasteiger partial charge in [0.25, 0.3) is 0 Å². The molecule has 1 heterocycles. The van der Waals surface area contributed by atoms with Crippen molar-refractivity contribution in [3.63, 3.8) is 0 Å². The summed E-state index contributed by atoms with van der Waals surface area (Å²) in [6.45, 7) is 8.10. The number of ether oxygens (including phenoxy) is 3. The number of hydrogen-bond acceptors (Lipinski definition) is 4. The zero-order valence-corrected chi connectivity index (χ0v) is 14.4. The second kappa shape index (κ2) is 8.46. The number of esters is 1.